The minimum absolute atomic E-state index is 0.0272. The van der Waals surface area contributed by atoms with Crippen molar-refractivity contribution in [2.75, 3.05) is 7.11 Å². The molecule has 0 radical (unpaired) electrons. The molecule has 132 valence electrons. The van der Waals surface area contributed by atoms with E-state index in [0.717, 1.165) is 31.2 Å². The van der Waals surface area contributed by atoms with E-state index >= 15 is 0 Å². The minimum Gasteiger partial charge on any atom is -0.507 e. The van der Waals surface area contributed by atoms with Gasteiger partial charge in [-0.15, -0.1) is 0 Å². The van der Waals surface area contributed by atoms with Crippen LogP contribution >= 0.6 is 23.2 Å². The van der Waals surface area contributed by atoms with Crippen molar-refractivity contribution in [2.24, 2.45) is 0 Å². The number of carbonyl (C=O) groups excluding carboxylic acids is 1. The number of ketones is 1. The highest BCUT2D eigenvalue weighted by Gasteiger charge is 2.27. The second-order valence-corrected chi connectivity index (χ2v) is 7.17. The van der Waals surface area contributed by atoms with Crippen molar-refractivity contribution >= 4 is 29.0 Å². The van der Waals surface area contributed by atoms with Gasteiger partial charge in [0.1, 0.15) is 11.5 Å². The first kappa shape index (κ1) is 18.1. The summed E-state index contributed by atoms with van der Waals surface area (Å²) in [5.41, 5.74) is 1.61. The van der Waals surface area contributed by atoms with Gasteiger partial charge < -0.3 is 9.84 Å². The minimum atomic E-state index is -0.214. The molecule has 0 bridgehead atoms. The first-order valence-corrected chi connectivity index (χ1v) is 9.14. The summed E-state index contributed by atoms with van der Waals surface area (Å²) in [5, 5.41) is 11.7. The number of rotatable bonds is 5. The maximum atomic E-state index is 12.8. The SMILES string of the molecule is COc1ccc(C(=O)Cc2c(Cl)cccc2Cl)c(O)c1C1CCCC1. The van der Waals surface area contributed by atoms with Crippen LogP contribution in [0.2, 0.25) is 10.0 Å². The molecule has 0 aromatic heterocycles. The van der Waals surface area contributed by atoms with E-state index in [4.69, 9.17) is 27.9 Å². The summed E-state index contributed by atoms with van der Waals surface area (Å²) in [6.07, 6.45) is 4.29. The van der Waals surface area contributed by atoms with Crippen molar-refractivity contribution in [3.05, 3.63) is 57.1 Å². The number of Topliss-reactive ketones (excluding diaryl/α,β-unsaturated/α-hetero) is 1. The number of phenols is 1. The Bertz CT molecular complexity index is 776. The van der Waals surface area contributed by atoms with E-state index in [0.29, 0.717) is 26.9 Å². The zero-order valence-electron chi connectivity index (χ0n) is 14.0. The Kier molecular flexibility index (Phi) is 5.55. The van der Waals surface area contributed by atoms with Crippen molar-refractivity contribution in [2.45, 2.75) is 38.0 Å². The molecule has 0 amide bonds. The number of benzene rings is 2. The lowest BCUT2D eigenvalue weighted by Crippen LogP contribution is -2.08. The summed E-state index contributed by atoms with van der Waals surface area (Å²) in [5.74, 6) is 0.678. The lowest BCUT2D eigenvalue weighted by atomic mass is 9.91. The predicted molar refractivity (Wildman–Crippen MR) is 100 cm³/mol. The summed E-state index contributed by atoms with van der Waals surface area (Å²) < 4.78 is 5.42. The van der Waals surface area contributed by atoms with Crippen LogP contribution in [0.3, 0.4) is 0 Å². The van der Waals surface area contributed by atoms with Crippen LogP contribution in [0, 0.1) is 0 Å². The lowest BCUT2D eigenvalue weighted by molar-refractivity contribution is 0.0990. The van der Waals surface area contributed by atoms with Crippen LogP contribution in [0.5, 0.6) is 11.5 Å². The molecule has 5 heteroatoms. The molecule has 0 saturated heterocycles. The van der Waals surface area contributed by atoms with Crippen LogP contribution < -0.4 is 4.74 Å². The van der Waals surface area contributed by atoms with Crippen LogP contribution in [0.25, 0.3) is 0 Å². The molecule has 25 heavy (non-hydrogen) atoms. The first-order valence-electron chi connectivity index (χ1n) is 8.39. The Labute approximate surface area is 157 Å². The van der Waals surface area contributed by atoms with Crippen LogP contribution in [-0.4, -0.2) is 18.0 Å². The first-order chi connectivity index (χ1) is 12.0. The van der Waals surface area contributed by atoms with Crippen molar-refractivity contribution in [3.8, 4) is 11.5 Å². The normalized spacial score (nSPS) is 14.7. The van der Waals surface area contributed by atoms with Gasteiger partial charge in [-0.2, -0.15) is 0 Å². The van der Waals surface area contributed by atoms with Crippen LogP contribution in [-0.2, 0) is 6.42 Å². The zero-order valence-corrected chi connectivity index (χ0v) is 15.5. The molecule has 0 spiro atoms. The number of hydrogen-bond donors (Lipinski definition) is 1. The van der Waals surface area contributed by atoms with Crippen LogP contribution in [0.1, 0.15) is 53.1 Å². The van der Waals surface area contributed by atoms with Gasteiger partial charge in [0, 0.05) is 22.0 Å². The molecule has 3 rings (SSSR count). The summed E-state index contributed by atoms with van der Waals surface area (Å²) in [6, 6.07) is 8.51. The highest BCUT2D eigenvalue weighted by Crippen LogP contribution is 2.45. The second-order valence-electron chi connectivity index (χ2n) is 6.36. The largest absolute Gasteiger partial charge is 0.507 e. The number of carbonyl (C=O) groups is 1. The molecule has 0 atom stereocenters. The predicted octanol–water partition coefficient (Wildman–Crippen LogP) is 5.79. The topological polar surface area (TPSA) is 46.5 Å². The van der Waals surface area contributed by atoms with E-state index in [2.05, 4.69) is 0 Å². The highest BCUT2D eigenvalue weighted by atomic mass is 35.5. The van der Waals surface area contributed by atoms with E-state index in [9.17, 15) is 9.90 Å². The molecule has 1 saturated carbocycles. The smallest absolute Gasteiger partial charge is 0.171 e. The molecule has 2 aromatic rings. The molecular formula is C20H20Cl2O3. The lowest BCUT2D eigenvalue weighted by Gasteiger charge is -2.18. The van der Waals surface area contributed by atoms with Gasteiger partial charge in [-0.1, -0.05) is 42.1 Å². The number of ether oxygens (including phenoxy) is 1. The third kappa shape index (κ3) is 3.63. The van der Waals surface area contributed by atoms with E-state index in [1.165, 1.54) is 0 Å². The fraction of sp³-hybridized carbons (Fsp3) is 0.350. The van der Waals surface area contributed by atoms with Crippen LogP contribution in [0.4, 0.5) is 0 Å². The Morgan fingerprint density at radius 1 is 1.16 bits per heavy atom. The van der Waals surface area contributed by atoms with Gasteiger partial charge in [0.05, 0.1) is 12.7 Å². The van der Waals surface area contributed by atoms with E-state index < -0.39 is 0 Å². The Morgan fingerprint density at radius 3 is 2.40 bits per heavy atom. The number of methoxy groups -OCH3 is 1. The van der Waals surface area contributed by atoms with Crippen LogP contribution in [0.15, 0.2) is 30.3 Å². The molecule has 0 unspecified atom stereocenters. The average molecular weight is 379 g/mol. The number of phenolic OH excluding ortho intramolecular Hbond substituents is 1. The molecule has 1 aliphatic carbocycles. The van der Waals surface area contributed by atoms with E-state index in [1.54, 1.807) is 37.4 Å². The van der Waals surface area contributed by atoms with E-state index in [1.807, 2.05) is 0 Å². The number of halogens is 2. The molecule has 0 heterocycles. The third-order valence-electron chi connectivity index (χ3n) is 4.86. The second kappa shape index (κ2) is 7.67. The Hall–Kier alpha value is -1.71. The van der Waals surface area contributed by atoms with E-state index in [-0.39, 0.29) is 23.9 Å². The fourth-order valence-electron chi connectivity index (χ4n) is 3.56. The summed E-state index contributed by atoms with van der Waals surface area (Å²) >= 11 is 12.3. The quantitative estimate of drug-likeness (QED) is 0.669. The summed E-state index contributed by atoms with van der Waals surface area (Å²) in [4.78, 5) is 12.8. The standard InChI is InChI=1S/C20H20Cl2O3/c1-25-18-10-9-13(20(24)19(18)12-5-2-3-6-12)17(23)11-14-15(21)7-4-8-16(14)22/h4,7-10,12,24H,2-3,5-6,11H2,1H3. The average Bonchev–Trinajstić information content (AvgIpc) is 3.11. The van der Waals surface area contributed by atoms with Gasteiger partial charge >= 0.3 is 0 Å². The highest BCUT2D eigenvalue weighted by molar-refractivity contribution is 6.36. The third-order valence-corrected chi connectivity index (χ3v) is 5.57. The Balaban J connectivity index is 1.97. The molecule has 1 N–H and O–H groups in total. The maximum absolute atomic E-state index is 12.8. The monoisotopic (exact) mass is 378 g/mol. The molecular weight excluding hydrogens is 359 g/mol. The fourth-order valence-corrected chi connectivity index (χ4v) is 4.09. The molecule has 1 aliphatic rings. The molecule has 2 aromatic carbocycles. The zero-order chi connectivity index (χ0) is 18.0. The molecule has 3 nitrogen and oxygen atoms in total. The summed E-state index contributed by atoms with van der Waals surface area (Å²) in [6.45, 7) is 0. The van der Waals surface area contributed by atoms with Gasteiger partial charge in [-0.3, -0.25) is 4.79 Å². The van der Waals surface area contributed by atoms with Gasteiger partial charge in [0.2, 0.25) is 0 Å². The summed E-state index contributed by atoms with van der Waals surface area (Å²) in [7, 11) is 1.58. The van der Waals surface area contributed by atoms with Crippen molar-refractivity contribution in [1.82, 2.24) is 0 Å². The molecule has 0 aliphatic heterocycles. The maximum Gasteiger partial charge on any atom is 0.171 e. The molecule has 1 fully saturated rings. The number of aromatic hydroxyl groups is 1. The van der Waals surface area contributed by atoms with Gasteiger partial charge in [0.15, 0.2) is 5.78 Å². The van der Waals surface area contributed by atoms with Crippen molar-refractivity contribution in [1.29, 1.82) is 0 Å². The van der Waals surface area contributed by atoms with Crippen molar-refractivity contribution in [3.63, 3.8) is 0 Å². The van der Waals surface area contributed by atoms with Gasteiger partial charge in [0.25, 0.3) is 0 Å². The van der Waals surface area contributed by atoms with Crippen molar-refractivity contribution < 1.29 is 14.6 Å². The van der Waals surface area contributed by atoms with Gasteiger partial charge in [-0.25, -0.2) is 0 Å². The Morgan fingerprint density at radius 2 is 1.80 bits per heavy atom. The van der Waals surface area contributed by atoms with Gasteiger partial charge in [-0.05, 0) is 48.6 Å². The number of hydrogen-bond acceptors (Lipinski definition) is 3.